The smallest absolute Gasteiger partial charge is 0.238 e. The van der Waals surface area contributed by atoms with Crippen molar-refractivity contribution in [2.75, 3.05) is 46.3 Å². The number of amides is 1. The van der Waals surface area contributed by atoms with Gasteiger partial charge in [-0.1, -0.05) is 0 Å². The van der Waals surface area contributed by atoms with E-state index in [2.05, 4.69) is 27.5 Å². The summed E-state index contributed by atoms with van der Waals surface area (Å²) in [6.45, 7) is 7.74. The third-order valence-electron chi connectivity index (χ3n) is 4.01. The zero-order chi connectivity index (χ0) is 13.0. The molecule has 5 heteroatoms. The number of piperazine rings is 1. The standard InChI is InChI=1S/C13H26N4O/c1-3-15-13(18)12-9-14-6-8-17(12)11-5-4-7-16(2)10-11/h11-12,14H,3-10H2,1-2H3,(H,15,18). The number of carbonyl (C=O) groups excluding carboxylic acids is 1. The fourth-order valence-electron chi connectivity index (χ4n) is 3.10. The number of likely N-dealkylation sites (tertiary alicyclic amines) is 1. The topological polar surface area (TPSA) is 47.6 Å². The lowest BCUT2D eigenvalue weighted by molar-refractivity contribution is -0.128. The number of hydrogen-bond donors (Lipinski definition) is 2. The number of carbonyl (C=O) groups is 1. The second kappa shape index (κ2) is 6.50. The Labute approximate surface area is 110 Å². The molecule has 18 heavy (non-hydrogen) atoms. The molecule has 2 atom stereocenters. The van der Waals surface area contributed by atoms with Crippen LogP contribution in [-0.2, 0) is 4.79 Å². The minimum Gasteiger partial charge on any atom is -0.355 e. The van der Waals surface area contributed by atoms with E-state index >= 15 is 0 Å². The molecular formula is C13H26N4O. The third-order valence-corrected chi connectivity index (χ3v) is 4.01. The summed E-state index contributed by atoms with van der Waals surface area (Å²) >= 11 is 0. The predicted octanol–water partition coefficient (Wildman–Crippen LogP) is -0.509. The molecule has 0 saturated carbocycles. The molecule has 0 bridgehead atoms. The normalized spacial score (nSPS) is 31.2. The molecule has 2 fully saturated rings. The summed E-state index contributed by atoms with van der Waals surface area (Å²) in [5.74, 6) is 0.179. The van der Waals surface area contributed by atoms with Gasteiger partial charge in [0.15, 0.2) is 0 Å². The van der Waals surface area contributed by atoms with Gasteiger partial charge in [0.05, 0.1) is 0 Å². The van der Waals surface area contributed by atoms with Crippen molar-refractivity contribution >= 4 is 5.91 Å². The Morgan fingerprint density at radius 2 is 2.28 bits per heavy atom. The molecule has 2 saturated heterocycles. The highest BCUT2D eigenvalue weighted by atomic mass is 16.2. The largest absolute Gasteiger partial charge is 0.355 e. The molecule has 104 valence electrons. The Morgan fingerprint density at radius 1 is 1.44 bits per heavy atom. The van der Waals surface area contributed by atoms with Crippen LogP contribution in [0.3, 0.4) is 0 Å². The Balaban J connectivity index is 2.00. The molecule has 0 aliphatic carbocycles. The van der Waals surface area contributed by atoms with Crippen LogP contribution in [0.4, 0.5) is 0 Å². The molecule has 0 radical (unpaired) electrons. The highest BCUT2D eigenvalue weighted by Gasteiger charge is 2.34. The second-order valence-corrected chi connectivity index (χ2v) is 5.41. The first-order valence-corrected chi connectivity index (χ1v) is 7.15. The van der Waals surface area contributed by atoms with Gasteiger partial charge in [0.25, 0.3) is 0 Å². The average molecular weight is 254 g/mol. The Hall–Kier alpha value is -0.650. The highest BCUT2D eigenvalue weighted by molar-refractivity contribution is 5.82. The lowest BCUT2D eigenvalue weighted by atomic mass is 10.0. The molecule has 0 spiro atoms. The summed E-state index contributed by atoms with van der Waals surface area (Å²) in [7, 11) is 2.18. The van der Waals surface area contributed by atoms with E-state index in [1.165, 1.54) is 19.4 Å². The van der Waals surface area contributed by atoms with Crippen molar-refractivity contribution in [2.45, 2.75) is 31.8 Å². The maximum absolute atomic E-state index is 12.1. The number of hydrogen-bond acceptors (Lipinski definition) is 4. The molecule has 2 aliphatic heterocycles. The fraction of sp³-hybridized carbons (Fsp3) is 0.923. The molecule has 2 rings (SSSR count). The molecular weight excluding hydrogens is 228 g/mol. The van der Waals surface area contributed by atoms with Crippen molar-refractivity contribution in [2.24, 2.45) is 0 Å². The maximum Gasteiger partial charge on any atom is 0.238 e. The molecule has 0 aromatic heterocycles. The summed E-state index contributed by atoms with van der Waals surface area (Å²) in [4.78, 5) is 16.9. The van der Waals surface area contributed by atoms with E-state index in [-0.39, 0.29) is 11.9 Å². The van der Waals surface area contributed by atoms with Crippen molar-refractivity contribution in [1.29, 1.82) is 0 Å². The van der Waals surface area contributed by atoms with Crippen LogP contribution in [0.25, 0.3) is 0 Å². The molecule has 0 aromatic carbocycles. The van der Waals surface area contributed by atoms with Crippen molar-refractivity contribution in [1.82, 2.24) is 20.4 Å². The zero-order valence-electron chi connectivity index (χ0n) is 11.6. The number of likely N-dealkylation sites (N-methyl/N-ethyl adjacent to an activating group) is 2. The van der Waals surface area contributed by atoms with Crippen LogP contribution in [0.2, 0.25) is 0 Å². The molecule has 2 aliphatic rings. The van der Waals surface area contributed by atoms with Gasteiger partial charge < -0.3 is 15.5 Å². The fourth-order valence-corrected chi connectivity index (χ4v) is 3.10. The van der Waals surface area contributed by atoms with Crippen LogP contribution < -0.4 is 10.6 Å². The molecule has 5 nitrogen and oxygen atoms in total. The van der Waals surface area contributed by atoms with Gasteiger partial charge in [-0.2, -0.15) is 0 Å². The van der Waals surface area contributed by atoms with E-state index in [0.29, 0.717) is 12.6 Å². The minimum absolute atomic E-state index is 0.00944. The van der Waals surface area contributed by atoms with E-state index in [1.807, 2.05) is 6.92 Å². The summed E-state index contributed by atoms with van der Waals surface area (Å²) in [6, 6.07) is 0.550. The maximum atomic E-state index is 12.1. The van der Waals surface area contributed by atoms with Crippen molar-refractivity contribution in [3.8, 4) is 0 Å². The van der Waals surface area contributed by atoms with Crippen molar-refractivity contribution in [3.63, 3.8) is 0 Å². The van der Waals surface area contributed by atoms with Crippen LogP contribution >= 0.6 is 0 Å². The van der Waals surface area contributed by atoms with E-state index in [0.717, 1.165) is 26.2 Å². The van der Waals surface area contributed by atoms with Gasteiger partial charge in [-0.15, -0.1) is 0 Å². The van der Waals surface area contributed by atoms with Gasteiger partial charge in [0, 0.05) is 38.8 Å². The third kappa shape index (κ3) is 3.22. The van der Waals surface area contributed by atoms with Gasteiger partial charge in [0.1, 0.15) is 6.04 Å². The van der Waals surface area contributed by atoms with E-state index in [9.17, 15) is 4.79 Å². The first kappa shape index (κ1) is 13.8. The number of rotatable bonds is 3. The van der Waals surface area contributed by atoms with Gasteiger partial charge in [-0.25, -0.2) is 0 Å². The van der Waals surface area contributed by atoms with Crippen LogP contribution in [0.15, 0.2) is 0 Å². The van der Waals surface area contributed by atoms with Gasteiger partial charge in [-0.3, -0.25) is 9.69 Å². The Morgan fingerprint density at radius 3 is 3.00 bits per heavy atom. The number of nitrogens with one attached hydrogen (secondary N) is 2. The quantitative estimate of drug-likeness (QED) is 0.712. The number of nitrogens with zero attached hydrogens (tertiary/aromatic N) is 2. The number of piperidine rings is 1. The zero-order valence-corrected chi connectivity index (χ0v) is 11.6. The average Bonchev–Trinajstić information content (AvgIpc) is 2.39. The summed E-state index contributed by atoms with van der Waals surface area (Å²) < 4.78 is 0. The summed E-state index contributed by atoms with van der Waals surface area (Å²) in [5, 5.41) is 6.30. The van der Waals surface area contributed by atoms with Gasteiger partial charge in [-0.05, 0) is 33.4 Å². The second-order valence-electron chi connectivity index (χ2n) is 5.41. The van der Waals surface area contributed by atoms with Crippen LogP contribution in [-0.4, -0.2) is 74.1 Å². The Kier molecular flexibility index (Phi) is 4.97. The summed E-state index contributed by atoms with van der Waals surface area (Å²) in [6.07, 6.45) is 2.47. The molecule has 1 amide bonds. The van der Waals surface area contributed by atoms with Crippen molar-refractivity contribution < 1.29 is 4.79 Å². The lowest BCUT2D eigenvalue weighted by Gasteiger charge is -2.44. The Bertz CT molecular complexity index is 284. The van der Waals surface area contributed by atoms with E-state index in [1.54, 1.807) is 0 Å². The van der Waals surface area contributed by atoms with Crippen LogP contribution in [0.5, 0.6) is 0 Å². The molecule has 2 N–H and O–H groups in total. The molecule has 2 heterocycles. The highest BCUT2D eigenvalue weighted by Crippen LogP contribution is 2.18. The first-order chi connectivity index (χ1) is 8.72. The van der Waals surface area contributed by atoms with Crippen LogP contribution in [0.1, 0.15) is 19.8 Å². The van der Waals surface area contributed by atoms with Crippen LogP contribution in [0, 0.1) is 0 Å². The monoisotopic (exact) mass is 254 g/mol. The van der Waals surface area contributed by atoms with E-state index < -0.39 is 0 Å². The first-order valence-electron chi connectivity index (χ1n) is 7.15. The molecule has 0 aromatic rings. The van der Waals surface area contributed by atoms with Gasteiger partial charge >= 0.3 is 0 Å². The predicted molar refractivity (Wildman–Crippen MR) is 72.6 cm³/mol. The minimum atomic E-state index is 0.00944. The SMILES string of the molecule is CCNC(=O)C1CNCCN1C1CCCN(C)C1. The van der Waals surface area contributed by atoms with Gasteiger partial charge in [0.2, 0.25) is 5.91 Å². The van der Waals surface area contributed by atoms with E-state index in [4.69, 9.17) is 0 Å². The molecule has 2 unspecified atom stereocenters. The summed E-state index contributed by atoms with van der Waals surface area (Å²) in [5.41, 5.74) is 0. The van der Waals surface area contributed by atoms with Crippen molar-refractivity contribution in [3.05, 3.63) is 0 Å². The lowest BCUT2D eigenvalue weighted by Crippen LogP contribution is -2.63.